The zero-order valence-electron chi connectivity index (χ0n) is 10.9. The van der Waals surface area contributed by atoms with Crippen molar-refractivity contribution in [2.24, 2.45) is 5.73 Å². The Morgan fingerprint density at radius 3 is 2.53 bits per heavy atom. The number of hydrogen-bond donors (Lipinski definition) is 3. The van der Waals surface area contributed by atoms with Crippen molar-refractivity contribution in [2.75, 3.05) is 0 Å². The van der Waals surface area contributed by atoms with Crippen molar-refractivity contribution < 1.29 is 4.79 Å². The predicted octanol–water partition coefficient (Wildman–Crippen LogP) is 1.10. The first-order valence-electron chi connectivity index (χ1n) is 6.32. The Morgan fingerprint density at radius 2 is 1.95 bits per heavy atom. The third kappa shape index (κ3) is 4.08. The van der Waals surface area contributed by atoms with Gasteiger partial charge in [0.15, 0.2) is 0 Å². The maximum atomic E-state index is 12.0. The summed E-state index contributed by atoms with van der Waals surface area (Å²) in [5.74, 6) is -0.295. The molecule has 1 amide bonds. The molecular formula is C13H20ClN3O2. The first-order chi connectivity index (χ1) is 8.56. The molecule has 1 aliphatic carbocycles. The van der Waals surface area contributed by atoms with Crippen LogP contribution in [-0.4, -0.2) is 23.0 Å². The molecule has 1 aromatic heterocycles. The molecule has 0 atom stereocenters. The van der Waals surface area contributed by atoms with E-state index in [2.05, 4.69) is 10.3 Å². The minimum atomic E-state index is -0.333. The zero-order chi connectivity index (χ0) is 13.1. The van der Waals surface area contributed by atoms with Crippen LogP contribution < -0.4 is 16.6 Å². The number of carbonyl (C=O) groups is 1. The van der Waals surface area contributed by atoms with Crippen LogP contribution in [0.3, 0.4) is 0 Å². The molecule has 19 heavy (non-hydrogen) atoms. The highest BCUT2D eigenvalue weighted by molar-refractivity contribution is 5.93. The minimum absolute atomic E-state index is 0. The number of rotatable bonds is 2. The highest BCUT2D eigenvalue weighted by atomic mass is 35.5. The lowest BCUT2D eigenvalue weighted by Crippen LogP contribution is -2.41. The summed E-state index contributed by atoms with van der Waals surface area (Å²) in [5.41, 5.74) is 6.41. The number of aromatic nitrogens is 1. The number of carbonyl (C=O) groups excluding carboxylic acids is 1. The molecule has 1 saturated carbocycles. The van der Waals surface area contributed by atoms with Crippen LogP contribution in [0.4, 0.5) is 0 Å². The third-order valence-electron chi connectivity index (χ3n) is 3.41. The van der Waals surface area contributed by atoms with Crippen molar-refractivity contribution in [1.82, 2.24) is 10.3 Å². The van der Waals surface area contributed by atoms with E-state index in [9.17, 15) is 9.59 Å². The van der Waals surface area contributed by atoms with Crippen molar-refractivity contribution in [3.8, 4) is 0 Å². The summed E-state index contributed by atoms with van der Waals surface area (Å²) in [6, 6.07) is 3.68. The van der Waals surface area contributed by atoms with E-state index in [1.807, 2.05) is 0 Å². The van der Waals surface area contributed by atoms with E-state index in [-0.39, 0.29) is 41.5 Å². The zero-order valence-corrected chi connectivity index (χ0v) is 11.8. The summed E-state index contributed by atoms with van der Waals surface area (Å²) >= 11 is 0. The highest BCUT2D eigenvalue weighted by Crippen LogP contribution is 2.17. The topological polar surface area (TPSA) is 88.0 Å². The monoisotopic (exact) mass is 285 g/mol. The smallest absolute Gasteiger partial charge is 0.260 e. The number of nitrogens with two attached hydrogens (primary N) is 1. The van der Waals surface area contributed by atoms with Crippen LogP contribution in [0.5, 0.6) is 0 Å². The van der Waals surface area contributed by atoms with Gasteiger partial charge in [0.1, 0.15) is 5.56 Å². The maximum absolute atomic E-state index is 12.0. The molecule has 0 bridgehead atoms. The molecule has 0 saturated heterocycles. The van der Waals surface area contributed by atoms with Crippen molar-refractivity contribution in [3.05, 3.63) is 33.7 Å². The van der Waals surface area contributed by atoms with Gasteiger partial charge in [0.2, 0.25) is 0 Å². The van der Waals surface area contributed by atoms with Crippen LogP contribution in [0.15, 0.2) is 16.9 Å². The highest BCUT2D eigenvalue weighted by Gasteiger charge is 2.21. The second-order valence-corrected chi connectivity index (χ2v) is 4.97. The number of hydrogen-bond acceptors (Lipinski definition) is 3. The van der Waals surface area contributed by atoms with Crippen LogP contribution in [0.2, 0.25) is 0 Å². The molecular weight excluding hydrogens is 266 g/mol. The van der Waals surface area contributed by atoms with Crippen LogP contribution >= 0.6 is 12.4 Å². The van der Waals surface area contributed by atoms with Crippen molar-refractivity contribution in [2.45, 2.75) is 44.7 Å². The largest absolute Gasteiger partial charge is 0.349 e. The molecule has 5 nitrogen and oxygen atoms in total. The van der Waals surface area contributed by atoms with E-state index in [1.54, 1.807) is 19.1 Å². The van der Waals surface area contributed by atoms with Gasteiger partial charge in [-0.1, -0.05) is 0 Å². The quantitative estimate of drug-likeness (QED) is 0.760. The van der Waals surface area contributed by atoms with Gasteiger partial charge in [0, 0.05) is 17.8 Å². The Bertz CT molecular complexity index is 493. The maximum Gasteiger partial charge on any atom is 0.260 e. The fourth-order valence-electron chi connectivity index (χ4n) is 2.28. The van der Waals surface area contributed by atoms with Gasteiger partial charge < -0.3 is 16.0 Å². The second-order valence-electron chi connectivity index (χ2n) is 4.97. The number of amides is 1. The van der Waals surface area contributed by atoms with Crippen LogP contribution in [0.1, 0.15) is 41.7 Å². The van der Waals surface area contributed by atoms with Gasteiger partial charge in [-0.05, 0) is 44.7 Å². The van der Waals surface area contributed by atoms with Crippen LogP contribution in [0, 0.1) is 6.92 Å². The molecule has 1 heterocycles. The SMILES string of the molecule is Cc1ccc(C(=O)NC2CCC(N)CC2)c(=O)[nH]1.Cl. The molecule has 0 radical (unpaired) electrons. The molecule has 1 aromatic rings. The molecule has 1 aliphatic rings. The first-order valence-corrected chi connectivity index (χ1v) is 6.32. The predicted molar refractivity (Wildman–Crippen MR) is 76.7 cm³/mol. The standard InChI is InChI=1S/C13H19N3O2.ClH/c1-8-2-7-11(12(17)15-8)13(18)16-10-5-3-9(14)4-6-10;/h2,7,9-10H,3-6,14H2,1H3,(H,15,17)(H,16,18);1H. The van der Waals surface area contributed by atoms with Gasteiger partial charge in [-0.3, -0.25) is 9.59 Å². The molecule has 6 heteroatoms. The first kappa shape index (κ1) is 15.7. The lowest BCUT2D eigenvalue weighted by molar-refractivity contribution is 0.0924. The van der Waals surface area contributed by atoms with E-state index in [0.29, 0.717) is 0 Å². The molecule has 4 N–H and O–H groups in total. The van der Waals surface area contributed by atoms with Gasteiger partial charge in [-0.15, -0.1) is 12.4 Å². The number of halogens is 1. The molecule has 2 rings (SSSR count). The van der Waals surface area contributed by atoms with Gasteiger partial charge in [-0.2, -0.15) is 0 Å². The summed E-state index contributed by atoms with van der Waals surface area (Å²) in [7, 11) is 0. The average Bonchev–Trinajstić information content (AvgIpc) is 2.32. The Labute approximate surface area is 118 Å². The Hall–Kier alpha value is -1.33. The van der Waals surface area contributed by atoms with Crippen molar-refractivity contribution >= 4 is 18.3 Å². The van der Waals surface area contributed by atoms with Crippen LogP contribution in [-0.2, 0) is 0 Å². The fraction of sp³-hybridized carbons (Fsp3) is 0.538. The Kier molecular flexibility index (Phi) is 5.57. The normalized spacial score (nSPS) is 22.4. The lowest BCUT2D eigenvalue weighted by atomic mass is 9.91. The Balaban J connectivity index is 0.00000180. The lowest BCUT2D eigenvalue weighted by Gasteiger charge is -2.26. The summed E-state index contributed by atoms with van der Waals surface area (Å²) in [6.45, 7) is 1.78. The van der Waals surface area contributed by atoms with E-state index in [0.717, 1.165) is 31.4 Å². The number of aryl methyl sites for hydroxylation is 1. The fourth-order valence-corrected chi connectivity index (χ4v) is 2.28. The average molecular weight is 286 g/mol. The molecule has 0 spiro atoms. The number of aromatic amines is 1. The minimum Gasteiger partial charge on any atom is -0.349 e. The van der Waals surface area contributed by atoms with E-state index in [1.165, 1.54) is 0 Å². The van der Waals surface area contributed by atoms with E-state index >= 15 is 0 Å². The number of H-pyrrole nitrogens is 1. The van der Waals surface area contributed by atoms with Gasteiger partial charge in [0.05, 0.1) is 0 Å². The third-order valence-corrected chi connectivity index (χ3v) is 3.41. The van der Waals surface area contributed by atoms with Crippen molar-refractivity contribution in [3.63, 3.8) is 0 Å². The summed E-state index contributed by atoms with van der Waals surface area (Å²) in [6.07, 6.45) is 3.62. The van der Waals surface area contributed by atoms with Crippen LogP contribution in [0.25, 0.3) is 0 Å². The number of nitrogens with one attached hydrogen (secondary N) is 2. The molecule has 0 aliphatic heterocycles. The van der Waals surface area contributed by atoms with E-state index in [4.69, 9.17) is 5.73 Å². The van der Waals surface area contributed by atoms with E-state index < -0.39 is 0 Å². The molecule has 0 unspecified atom stereocenters. The summed E-state index contributed by atoms with van der Waals surface area (Å²) < 4.78 is 0. The summed E-state index contributed by atoms with van der Waals surface area (Å²) in [5, 5.41) is 2.90. The van der Waals surface area contributed by atoms with Gasteiger partial charge >= 0.3 is 0 Å². The van der Waals surface area contributed by atoms with Crippen molar-refractivity contribution in [1.29, 1.82) is 0 Å². The molecule has 106 valence electrons. The molecule has 1 fully saturated rings. The Morgan fingerprint density at radius 1 is 1.32 bits per heavy atom. The second kappa shape index (κ2) is 6.73. The summed E-state index contributed by atoms with van der Waals surface area (Å²) in [4.78, 5) is 26.2. The molecule has 0 aromatic carbocycles. The number of pyridine rings is 1. The van der Waals surface area contributed by atoms with Gasteiger partial charge in [-0.25, -0.2) is 0 Å². The van der Waals surface area contributed by atoms with Gasteiger partial charge in [0.25, 0.3) is 11.5 Å².